The van der Waals surface area contributed by atoms with Crippen molar-refractivity contribution in [2.75, 3.05) is 26.2 Å². The number of halogens is 2. The third-order valence-corrected chi connectivity index (χ3v) is 7.64. The van der Waals surface area contributed by atoms with E-state index in [1.54, 1.807) is 22.2 Å². The summed E-state index contributed by atoms with van der Waals surface area (Å²) >= 11 is 13.8. The Morgan fingerprint density at radius 2 is 1.91 bits per heavy atom. The van der Waals surface area contributed by atoms with Gasteiger partial charge in [0.05, 0.1) is 21.1 Å². The van der Waals surface area contributed by atoms with E-state index in [0.29, 0.717) is 23.1 Å². The molecule has 0 spiro atoms. The predicted octanol–water partition coefficient (Wildman–Crippen LogP) is 5.12. The highest BCUT2D eigenvalue weighted by molar-refractivity contribution is 7.13. The van der Waals surface area contributed by atoms with E-state index >= 15 is 0 Å². The Hall–Kier alpha value is -2.45. The molecule has 0 radical (unpaired) electrons. The molecule has 1 aliphatic rings. The molecule has 1 amide bonds. The van der Waals surface area contributed by atoms with Crippen LogP contribution in [0.3, 0.4) is 0 Å². The fourth-order valence-corrected chi connectivity index (χ4v) is 5.39. The number of piperazine rings is 1. The molecule has 1 saturated heterocycles. The second kappa shape index (κ2) is 9.43. The minimum Gasteiger partial charge on any atom is -0.339 e. The molecule has 1 aliphatic heterocycles. The monoisotopic (exact) mass is 499 g/mol. The standard InChI is InChI=1S/C24H23Cl2N5OS/c1-16-23-18(21-3-2-12-33-21)6-7-27-24(23)31(28-16)15-22(32)30-10-8-29(9-11-30)14-17-4-5-19(25)20(26)13-17/h2-7,12-13H,8-11,14-15H2,1H3. The predicted molar refractivity (Wildman–Crippen MR) is 134 cm³/mol. The minimum atomic E-state index is 0.0666. The first kappa shape index (κ1) is 22.3. The first-order valence-corrected chi connectivity index (χ1v) is 12.4. The molecule has 4 aromatic rings. The van der Waals surface area contributed by atoms with Crippen molar-refractivity contribution in [3.8, 4) is 10.4 Å². The molecule has 6 nitrogen and oxygen atoms in total. The van der Waals surface area contributed by atoms with Crippen LogP contribution in [0, 0.1) is 6.92 Å². The van der Waals surface area contributed by atoms with Gasteiger partial charge in [-0.15, -0.1) is 11.3 Å². The van der Waals surface area contributed by atoms with Crippen molar-refractivity contribution >= 4 is 51.5 Å². The summed E-state index contributed by atoms with van der Waals surface area (Å²) < 4.78 is 1.74. The van der Waals surface area contributed by atoms with Crippen LogP contribution in [0.1, 0.15) is 11.3 Å². The van der Waals surface area contributed by atoms with E-state index < -0.39 is 0 Å². The van der Waals surface area contributed by atoms with Crippen molar-refractivity contribution in [2.24, 2.45) is 0 Å². The maximum absolute atomic E-state index is 13.1. The van der Waals surface area contributed by atoms with Crippen LogP contribution in [-0.4, -0.2) is 56.7 Å². The molecule has 0 aliphatic carbocycles. The zero-order valence-corrected chi connectivity index (χ0v) is 20.5. The summed E-state index contributed by atoms with van der Waals surface area (Å²) in [5.41, 5.74) is 3.88. The molecule has 4 heterocycles. The molecule has 170 valence electrons. The number of amides is 1. The third-order valence-electron chi connectivity index (χ3n) is 5.99. The molecule has 0 atom stereocenters. The highest BCUT2D eigenvalue weighted by Crippen LogP contribution is 2.32. The summed E-state index contributed by atoms with van der Waals surface area (Å²) in [7, 11) is 0. The molecular weight excluding hydrogens is 477 g/mol. The van der Waals surface area contributed by atoms with Crippen molar-refractivity contribution in [1.29, 1.82) is 0 Å². The summed E-state index contributed by atoms with van der Waals surface area (Å²) in [6.07, 6.45) is 1.79. The normalized spacial score (nSPS) is 14.8. The highest BCUT2D eigenvalue weighted by atomic mass is 35.5. The number of nitrogens with zero attached hydrogens (tertiary/aromatic N) is 5. The van der Waals surface area contributed by atoms with Gasteiger partial charge in [0.1, 0.15) is 6.54 Å². The number of aromatic nitrogens is 3. The molecule has 0 unspecified atom stereocenters. The molecule has 33 heavy (non-hydrogen) atoms. The lowest BCUT2D eigenvalue weighted by molar-refractivity contribution is -0.133. The molecule has 1 fully saturated rings. The number of carbonyl (C=O) groups excluding carboxylic acids is 1. The van der Waals surface area contributed by atoms with Gasteiger partial charge < -0.3 is 4.90 Å². The van der Waals surface area contributed by atoms with Crippen molar-refractivity contribution in [2.45, 2.75) is 20.0 Å². The van der Waals surface area contributed by atoms with E-state index in [4.69, 9.17) is 23.2 Å². The van der Waals surface area contributed by atoms with Crippen molar-refractivity contribution in [1.82, 2.24) is 24.6 Å². The summed E-state index contributed by atoms with van der Waals surface area (Å²) in [6, 6.07) is 11.9. The van der Waals surface area contributed by atoms with E-state index in [-0.39, 0.29) is 12.5 Å². The lowest BCUT2D eigenvalue weighted by atomic mass is 10.1. The van der Waals surface area contributed by atoms with E-state index in [1.165, 1.54) is 4.88 Å². The second-order valence-corrected chi connectivity index (χ2v) is 9.94. The Balaban J connectivity index is 1.25. The molecule has 1 aromatic carbocycles. The van der Waals surface area contributed by atoms with Crippen LogP contribution in [0.15, 0.2) is 48.0 Å². The molecule has 5 rings (SSSR count). The summed E-state index contributed by atoms with van der Waals surface area (Å²) in [5, 5.41) is 8.87. The van der Waals surface area contributed by atoms with E-state index in [2.05, 4.69) is 26.4 Å². The van der Waals surface area contributed by atoms with Gasteiger partial charge in [0, 0.05) is 49.4 Å². The van der Waals surface area contributed by atoms with Crippen LogP contribution >= 0.6 is 34.5 Å². The number of aryl methyl sites for hydroxylation is 1. The first-order chi connectivity index (χ1) is 16.0. The number of fused-ring (bicyclic) bond motifs is 1. The van der Waals surface area contributed by atoms with E-state index in [0.717, 1.165) is 47.5 Å². The van der Waals surface area contributed by atoms with Gasteiger partial charge >= 0.3 is 0 Å². The third kappa shape index (κ3) is 4.64. The molecule has 3 aromatic heterocycles. The molecule has 9 heteroatoms. The van der Waals surface area contributed by atoms with Crippen LogP contribution in [0.2, 0.25) is 10.0 Å². The summed E-state index contributed by atoms with van der Waals surface area (Å²) in [5.74, 6) is 0.0666. The van der Waals surface area contributed by atoms with Crippen molar-refractivity contribution in [3.05, 3.63) is 69.3 Å². The first-order valence-electron chi connectivity index (χ1n) is 10.8. The van der Waals surface area contributed by atoms with Gasteiger partial charge in [-0.1, -0.05) is 35.3 Å². The van der Waals surface area contributed by atoms with Gasteiger partial charge in [-0.25, -0.2) is 9.67 Å². The van der Waals surface area contributed by atoms with Crippen molar-refractivity contribution < 1.29 is 4.79 Å². The van der Waals surface area contributed by atoms with Gasteiger partial charge in [-0.2, -0.15) is 5.10 Å². The number of carbonyl (C=O) groups is 1. The Bertz CT molecular complexity index is 1300. The summed E-state index contributed by atoms with van der Waals surface area (Å²) in [6.45, 7) is 5.95. The Morgan fingerprint density at radius 3 is 2.64 bits per heavy atom. The Kier molecular flexibility index (Phi) is 6.38. The number of benzene rings is 1. The molecule has 0 bridgehead atoms. The topological polar surface area (TPSA) is 54.3 Å². The molecular formula is C24H23Cl2N5OS. The number of pyridine rings is 1. The SMILES string of the molecule is Cc1nn(CC(=O)N2CCN(Cc3ccc(Cl)c(Cl)c3)CC2)c2nccc(-c3cccs3)c12. The smallest absolute Gasteiger partial charge is 0.244 e. The minimum absolute atomic E-state index is 0.0666. The number of hydrogen-bond donors (Lipinski definition) is 0. The van der Waals surface area contributed by atoms with Crippen molar-refractivity contribution in [3.63, 3.8) is 0 Å². The number of hydrogen-bond acceptors (Lipinski definition) is 5. The second-order valence-electron chi connectivity index (χ2n) is 8.18. The quantitative estimate of drug-likeness (QED) is 0.382. The largest absolute Gasteiger partial charge is 0.339 e. The zero-order valence-electron chi connectivity index (χ0n) is 18.2. The van der Waals surface area contributed by atoms with Crippen LogP contribution in [0.4, 0.5) is 0 Å². The van der Waals surface area contributed by atoms with Crippen LogP contribution in [0.5, 0.6) is 0 Å². The van der Waals surface area contributed by atoms with Gasteiger partial charge in [-0.3, -0.25) is 9.69 Å². The highest BCUT2D eigenvalue weighted by Gasteiger charge is 2.23. The maximum atomic E-state index is 13.1. The average molecular weight is 500 g/mol. The average Bonchev–Trinajstić information content (AvgIpc) is 3.46. The molecule has 0 N–H and O–H groups in total. The van der Waals surface area contributed by atoms with Gasteiger partial charge in [0.15, 0.2) is 5.65 Å². The Morgan fingerprint density at radius 1 is 1.09 bits per heavy atom. The number of thiophene rings is 1. The fraction of sp³-hybridized carbons (Fsp3) is 0.292. The zero-order chi connectivity index (χ0) is 22.9. The van der Waals surface area contributed by atoms with Crippen LogP contribution in [0.25, 0.3) is 21.5 Å². The van der Waals surface area contributed by atoms with Gasteiger partial charge in [0.25, 0.3) is 0 Å². The summed E-state index contributed by atoms with van der Waals surface area (Å²) in [4.78, 5) is 23.0. The van der Waals surface area contributed by atoms with E-state index in [1.807, 2.05) is 42.2 Å². The van der Waals surface area contributed by atoms with Crippen LogP contribution < -0.4 is 0 Å². The van der Waals surface area contributed by atoms with Crippen LogP contribution in [-0.2, 0) is 17.9 Å². The number of rotatable bonds is 5. The Labute approximate surface area is 206 Å². The molecule has 0 saturated carbocycles. The lowest BCUT2D eigenvalue weighted by Crippen LogP contribution is -2.49. The van der Waals surface area contributed by atoms with Gasteiger partial charge in [-0.05, 0) is 42.1 Å². The fourth-order valence-electron chi connectivity index (χ4n) is 4.31. The van der Waals surface area contributed by atoms with Gasteiger partial charge in [0.2, 0.25) is 5.91 Å². The van der Waals surface area contributed by atoms with E-state index in [9.17, 15) is 4.79 Å². The lowest BCUT2D eigenvalue weighted by Gasteiger charge is -2.34. The maximum Gasteiger partial charge on any atom is 0.244 e.